The number of carbonyl (C=O) groups is 2. The molecule has 3 aromatic rings. The highest BCUT2D eigenvalue weighted by atomic mass is 19.4. The molecule has 0 spiro atoms. The van der Waals surface area contributed by atoms with Crippen molar-refractivity contribution in [1.82, 2.24) is 4.98 Å². The predicted molar refractivity (Wildman–Crippen MR) is 100 cm³/mol. The standard InChI is InChI=1S/C20H15F3N2O4/c1-11(26)29-17-12-7-3-5-9-14(12)24-18(27)16(17)19(28)25(2)15-10-6-4-8-13(15)20(21,22)23/h3-10H,1-2H3,(H,24,27). The number of nitrogens with one attached hydrogen (secondary N) is 1. The van der Waals surface area contributed by atoms with E-state index >= 15 is 0 Å². The van der Waals surface area contributed by atoms with E-state index in [0.717, 1.165) is 26.1 Å². The Kier molecular flexibility index (Phi) is 5.15. The molecule has 9 heteroatoms. The topological polar surface area (TPSA) is 79.5 Å². The van der Waals surface area contributed by atoms with E-state index in [1.165, 1.54) is 18.2 Å². The first-order valence-corrected chi connectivity index (χ1v) is 8.39. The van der Waals surface area contributed by atoms with Gasteiger partial charge in [0.15, 0.2) is 5.75 Å². The second-order valence-corrected chi connectivity index (χ2v) is 6.18. The van der Waals surface area contributed by atoms with Gasteiger partial charge in [-0.15, -0.1) is 0 Å². The minimum Gasteiger partial charge on any atom is -0.425 e. The van der Waals surface area contributed by atoms with E-state index in [9.17, 15) is 27.6 Å². The zero-order valence-corrected chi connectivity index (χ0v) is 15.3. The molecule has 0 radical (unpaired) electrons. The second kappa shape index (κ2) is 7.42. The Bertz CT molecular complexity index is 1170. The number of hydrogen-bond donors (Lipinski definition) is 1. The van der Waals surface area contributed by atoms with Crippen molar-refractivity contribution >= 4 is 28.5 Å². The number of benzene rings is 2. The van der Waals surface area contributed by atoms with Crippen molar-refractivity contribution in [2.45, 2.75) is 13.1 Å². The summed E-state index contributed by atoms with van der Waals surface area (Å²) >= 11 is 0. The SMILES string of the molecule is CC(=O)Oc1c(C(=O)N(C)c2ccccc2C(F)(F)F)c(=O)[nH]c2ccccc12. The van der Waals surface area contributed by atoms with Crippen molar-refractivity contribution in [1.29, 1.82) is 0 Å². The third-order valence-electron chi connectivity index (χ3n) is 4.21. The van der Waals surface area contributed by atoms with Gasteiger partial charge in [0, 0.05) is 19.4 Å². The van der Waals surface area contributed by atoms with Gasteiger partial charge in [0.1, 0.15) is 5.56 Å². The highest BCUT2D eigenvalue weighted by molar-refractivity contribution is 6.11. The number of aromatic amines is 1. The van der Waals surface area contributed by atoms with Crippen LogP contribution in [0.15, 0.2) is 53.3 Å². The number of para-hydroxylation sites is 2. The summed E-state index contributed by atoms with van der Waals surface area (Å²) in [6.07, 6.45) is -4.71. The Morgan fingerprint density at radius 1 is 1.03 bits per heavy atom. The Morgan fingerprint density at radius 3 is 2.31 bits per heavy atom. The van der Waals surface area contributed by atoms with Gasteiger partial charge in [0.25, 0.3) is 11.5 Å². The fourth-order valence-electron chi connectivity index (χ4n) is 2.94. The van der Waals surface area contributed by atoms with Crippen LogP contribution < -0.4 is 15.2 Å². The number of anilines is 1. The lowest BCUT2D eigenvalue weighted by Crippen LogP contribution is -2.34. The van der Waals surface area contributed by atoms with Gasteiger partial charge >= 0.3 is 12.1 Å². The van der Waals surface area contributed by atoms with E-state index in [1.54, 1.807) is 18.2 Å². The van der Waals surface area contributed by atoms with Crippen LogP contribution in [0.1, 0.15) is 22.8 Å². The lowest BCUT2D eigenvalue weighted by Gasteiger charge is -2.22. The average molecular weight is 404 g/mol. The maximum absolute atomic E-state index is 13.3. The van der Waals surface area contributed by atoms with Crippen molar-refractivity contribution < 1.29 is 27.5 Å². The van der Waals surface area contributed by atoms with E-state index in [1.807, 2.05) is 0 Å². The molecule has 1 amide bonds. The number of amides is 1. The normalized spacial score (nSPS) is 11.3. The van der Waals surface area contributed by atoms with Crippen LogP contribution in [0.3, 0.4) is 0 Å². The summed E-state index contributed by atoms with van der Waals surface area (Å²) in [5, 5.41) is 0.267. The number of hydrogen-bond acceptors (Lipinski definition) is 4. The first kappa shape index (κ1) is 20.1. The Labute approximate surface area is 162 Å². The number of pyridine rings is 1. The number of alkyl halides is 3. The summed E-state index contributed by atoms with van der Waals surface area (Å²) in [7, 11) is 1.11. The van der Waals surface area contributed by atoms with Gasteiger partial charge in [-0.25, -0.2) is 0 Å². The minimum absolute atomic E-state index is 0.267. The number of rotatable bonds is 3. The van der Waals surface area contributed by atoms with Gasteiger partial charge in [-0.1, -0.05) is 24.3 Å². The summed E-state index contributed by atoms with van der Waals surface area (Å²) < 4.78 is 45.1. The van der Waals surface area contributed by atoms with Crippen molar-refractivity contribution in [3.05, 3.63) is 70.0 Å². The van der Waals surface area contributed by atoms with Gasteiger partial charge in [0.05, 0.1) is 16.8 Å². The predicted octanol–water partition coefficient (Wildman–Crippen LogP) is 3.75. The maximum Gasteiger partial charge on any atom is 0.418 e. The minimum atomic E-state index is -4.71. The summed E-state index contributed by atoms with van der Waals surface area (Å²) in [6.45, 7) is 1.09. The van der Waals surface area contributed by atoms with Crippen LogP contribution >= 0.6 is 0 Å². The molecule has 1 aromatic heterocycles. The summed E-state index contributed by atoms with van der Waals surface area (Å²) in [5.74, 6) is -2.14. The lowest BCUT2D eigenvalue weighted by atomic mass is 10.1. The molecule has 0 saturated heterocycles. The molecule has 6 nitrogen and oxygen atoms in total. The summed E-state index contributed by atoms with van der Waals surface area (Å²) in [4.78, 5) is 40.4. The molecule has 150 valence electrons. The van der Waals surface area contributed by atoms with Crippen molar-refractivity contribution in [3.8, 4) is 5.75 Å². The molecule has 0 bridgehead atoms. The van der Waals surface area contributed by atoms with E-state index in [-0.39, 0.29) is 11.1 Å². The number of carbonyl (C=O) groups excluding carboxylic acids is 2. The molecule has 0 atom stereocenters. The molecule has 0 aliphatic carbocycles. The van der Waals surface area contributed by atoms with Crippen LogP contribution in [0, 0.1) is 0 Å². The van der Waals surface area contributed by atoms with Crippen LogP contribution in [0.4, 0.5) is 18.9 Å². The van der Waals surface area contributed by atoms with Gasteiger partial charge in [-0.05, 0) is 24.3 Å². The lowest BCUT2D eigenvalue weighted by molar-refractivity contribution is -0.137. The van der Waals surface area contributed by atoms with Gasteiger partial charge < -0.3 is 14.6 Å². The third-order valence-corrected chi connectivity index (χ3v) is 4.21. The van der Waals surface area contributed by atoms with E-state index < -0.39 is 40.4 Å². The molecule has 3 rings (SSSR count). The maximum atomic E-state index is 13.3. The summed E-state index contributed by atoms with van der Waals surface area (Å²) in [6, 6.07) is 10.8. The molecule has 29 heavy (non-hydrogen) atoms. The van der Waals surface area contributed by atoms with E-state index in [4.69, 9.17) is 4.74 Å². The number of H-pyrrole nitrogens is 1. The van der Waals surface area contributed by atoms with Crippen LogP contribution in [0.25, 0.3) is 10.9 Å². The molecule has 2 aromatic carbocycles. The first-order valence-electron chi connectivity index (χ1n) is 8.39. The number of fused-ring (bicyclic) bond motifs is 1. The molecular weight excluding hydrogens is 389 g/mol. The molecule has 1 N–H and O–H groups in total. The highest BCUT2D eigenvalue weighted by Crippen LogP contribution is 2.37. The quantitative estimate of drug-likeness (QED) is 0.675. The van der Waals surface area contributed by atoms with E-state index in [2.05, 4.69) is 4.98 Å². The number of esters is 1. The first-order chi connectivity index (χ1) is 13.6. The summed E-state index contributed by atoms with van der Waals surface area (Å²) in [5.41, 5.74) is -2.63. The number of ether oxygens (including phenoxy) is 1. The fraction of sp³-hybridized carbons (Fsp3) is 0.150. The fourth-order valence-corrected chi connectivity index (χ4v) is 2.94. The largest absolute Gasteiger partial charge is 0.425 e. The number of aromatic nitrogens is 1. The molecule has 1 heterocycles. The Morgan fingerprint density at radius 2 is 1.66 bits per heavy atom. The van der Waals surface area contributed by atoms with Gasteiger partial charge in [0.2, 0.25) is 0 Å². The van der Waals surface area contributed by atoms with Crippen LogP contribution in [-0.2, 0) is 11.0 Å². The van der Waals surface area contributed by atoms with E-state index in [0.29, 0.717) is 10.4 Å². The van der Waals surface area contributed by atoms with Crippen molar-refractivity contribution in [2.24, 2.45) is 0 Å². The molecule has 0 unspecified atom stereocenters. The van der Waals surface area contributed by atoms with Gasteiger partial charge in [-0.2, -0.15) is 13.2 Å². The smallest absolute Gasteiger partial charge is 0.418 e. The zero-order valence-electron chi connectivity index (χ0n) is 15.3. The Hall–Kier alpha value is -3.62. The Balaban J connectivity index is 2.21. The molecule has 0 aliphatic heterocycles. The number of nitrogens with zero attached hydrogens (tertiary/aromatic N) is 1. The van der Waals surface area contributed by atoms with Gasteiger partial charge in [-0.3, -0.25) is 14.4 Å². The van der Waals surface area contributed by atoms with Crippen LogP contribution in [-0.4, -0.2) is 23.9 Å². The highest BCUT2D eigenvalue weighted by Gasteiger charge is 2.36. The number of halogens is 3. The monoisotopic (exact) mass is 404 g/mol. The van der Waals surface area contributed by atoms with Crippen LogP contribution in [0.5, 0.6) is 5.75 Å². The molecule has 0 fully saturated rings. The van der Waals surface area contributed by atoms with Crippen molar-refractivity contribution in [2.75, 3.05) is 11.9 Å². The second-order valence-electron chi connectivity index (χ2n) is 6.18. The zero-order chi connectivity index (χ0) is 21.3. The third kappa shape index (κ3) is 3.84. The molecule has 0 saturated carbocycles. The van der Waals surface area contributed by atoms with Crippen LogP contribution in [0.2, 0.25) is 0 Å². The van der Waals surface area contributed by atoms with Crippen molar-refractivity contribution in [3.63, 3.8) is 0 Å². The average Bonchev–Trinajstić information content (AvgIpc) is 2.66. The molecule has 0 aliphatic rings. The molecular formula is C20H15F3N2O4.